The largest absolute Gasteiger partial charge is 0.487 e. The van der Waals surface area contributed by atoms with Gasteiger partial charge < -0.3 is 10.1 Å². The molecule has 1 atom stereocenters. The highest BCUT2D eigenvalue weighted by Crippen LogP contribution is 2.24. The van der Waals surface area contributed by atoms with E-state index in [0.29, 0.717) is 0 Å². The Morgan fingerprint density at radius 1 is 1.25 bits per heavy atom. The predicted octanol–water partition coefficient (Wildman–Crippen LogP) is 1.98. The number of hydrogen-bond acceptors (Lipinski definition) is 3. The molecule has 1 fully saturated rings. The summed E-state index contributed by atoms with van der Waals surface area (Å²) in [5.41, 5.74) is 0.955. The quantitative estimate of drug-likeness (QED) is 0.830. The highest BCUT2D eigenvalue weighted by atomic mass is 16.5. The molecule has 0 saturated carbocycles. The Morgan fingerprint density at radius 2 is 2.19 bits per heavy atom. The fourth-order valence-corrected chi connectivity index (χ4v) is 2.08. The minimum Gasteiger partial charge on any atom is -0.487 e. The molecule has 0 amide bonds. The first-order chi connectivity index (χ1) is 7.93. The van der Waals surface area contributed by atoms with Gasteiger partial charge in [-0.2, -0.15) is 0 Å². The molecule has 2 aromatic rings. The standard InChI is InChI=1S/C13H14N2O/c1-3-10-4-2-7-15-13(10)12(5-1)16-11-6-8-14-9-11/h1-5,7,11,14H,6,8-9H2/t11-/m0/s1. The third-order valence-electron chi connectivity index (χ3n) is 2.90. The zero-order valence-corrected chi connectivity index (χ0v) is 9.02. The molecule has 82 valence electrons. The van der Waals surface area contributed by atoms with Crippen molar-refractivity contribution in [2.45, 2.75) is 12.5 Å². The van der Waals surface area contributed by atoms with Crippen LogP contribution in [-0.2, 0) is 0 Å². The number of rotatable bonds is 2. The zero-order chi connectivity index (χ0) is 10.8. The van der Waals surface area contributed by atoms with Gasteiger partial charge in [0.1, 0.15) is 17.4 Å². The first kappa shape index (κ1) is 9.60. The number of para-hydroxylation sites is 1. The Kier molecular flexibility index (Phi) is 2.46. The fourth-order valence-electron chi connectivity index (χ4n) is 2.08. The van der Waals surface area contributed by atoms with E-state index in [-0.39, 0.29) is 6.10 Å². The van der Waals surface area contributed by atoms with E-state index in [1.165, 1.54) is 0 Å². The van der Waals surface area contributed by atoms with Crippen LogP contribution in [0.25, 0.3) is 10.9 Å². The van der Waals surface area contributed by atoms with Gasteiger partial charge in [-0.1, -0.05) is 18.2 Å². The molecule has 0 aliphatic carbocycles. The maximum atomic E-state index is 5.96. The van der Waals surface area contributed by atoms with Gasteiger partial charge in [-0.3, -0.25) is 4.98 Å². The van der Waals surface area contributed by atoms with E-state index in [2.05, 4.69) is 22.4 Å². The van der Waals surface area contributed by atoms with Crippen molar-refractivity contribution < 1.29 is 4.74 Å². The third kappa shape index (κ3) is 1.74. The van der Waals surface area contributed by atoms with Crippen molar-refractivity contribution in [2.24, 2.45) is 0 Å². The van der Waals surface area contributed by atoms with Crippen LogP contribution in [0, 0.1) is 0 Å². The fraction of sp³-hybridized carbons (Fsp3) is 0.308. The second-order valence-corrected chi connectivity index (χ2v) is 4.06. The monoisotopic (exact) mass is 214 g/mol. The molecular weight excluding hydrogens is 200 g/mol. The Morgan fingerprint density at radius 3 is 3.06 bits per heavy atom. The molecule has 3 heteroatoms. The van der Waals surface area contributed by atoms with Crippen LogP contribution in [0.2, 0.25) is 0 Å². The van der Waals surface area contributed by atoms with Gasteiger partial charge >= 0.3 is 0 Å². The van der Waals surface area contributed by atoms with Crippen LogP contribution in [0.3, 0.4) is 0 Å². The molecular formula is C13H14N2O. The first-order valence-corrected chi connectivity index (χ1v) is 5.64. The summed E-state index contributed by atoms with van der Waals surface area (Å²) in [6.45, 7) is 1.98. The van der Waals surface area contributed by atoms with Crippen molar-refractivity contribution in [3.05, 3.63) is 36.5 Å². The van der Waals surface area contributed by atoms with E-state index in [1.807, 2.05) is 24.4 Å². The van der Waals surface area contributed by atoms with Crippen LogP contribution in [0.5, 0.6) is 5.75 Å². The summed E-state index contributed by atoms with van der Waals surface area (Å²) < 4.78 is 5.96. The highest BCUT2D eigenvalue weighted by Gasteiger charge is 2.16. The smallest absolute Gasteiger partial charge is 0.146 e. The Bertz CT molecular complexity index is 487. The lowest BCUT2D eigenvalue weighted by Gasteiger charge is -2.13. The van der Waals surface area contributed by atoms with E-state index in [4.69, 9.17) is 4.74 Å². The number of hydrogen-bond donors (Lipinski definition) is 1. The summed E-state index contributed by atoms with van der Waals surface area (Å²) in [4.78, 5) is 4.38. The average molecular weight is 214 g/mol. The van der Waals surface area contributed by atoms with Gasteiger partial charge in [0.2, 0.25) is 0 Å². The number of benzene rings is 1. The van der Waals surface area contributed by atoms with Gasteiger partial charge in [-0.05, 0) is 25.1 Å². The average Bonchev–Trinajstić information content (AvgIpc) is 2.82. The highest BCUT2D eigenvalue weighted by molar-refractivity contribution is 5.84. The van der Waals surface area contributed by atoms with Crippen molar-refractivity contribution in [3.8, 4) is 5.75 Å². The third-order valence-corrected chi connectivity index (χ3v) is 2.90. The molecule has 16 heavy (non-hydrogen) atoms. The Hall–Kier alpha value is -1.61. The minimum atomic E-state index is 0.285. The molecule has 1 aliphatic rings. The van der Waals surface area contributed by atoms with Crippen LogP contribution in [-0.4, -0.2) is 24.2 Å². The van der Waals surface area contributed by atoms with Gasteiger partial charge in [0.25, 0.3) is 0 Å². The molecule has 1 aliphatic heterocycles. The summed E-state index contributed by atoms with van der Waals surface area (Å²) in [7, 11) is 0. The van der Waals surface area contributed by atoms with Crippen LogP contribution < -0.4 is 10.1 Å². The van der Waals surface area contributed by atoms with Gasteiger partial charge in [-0.15, -0.1) is 0 Å². The molecule has 0 spiro atoms. The molecule has 2 heterocycles. The van der Waals surface area contributed by atoms with Crippen LogP contribution >= 0.6 is 0 Å². The van der Waals surface area contributed by atoms with Crippen LogP contribution in [0.15, 0.2) is 36.5 Å². The number of pyridine rings is 1. The van der Waals surface area contributed by atoms with E-state index in [9.17, 15) is 0 Å². The molecule has 0 bridgehead atoms. The molecule has 3 rings (SSSR count). The molecule has 0 radical (unpaired) electrons. The van der Waals surface area contributed by atoms with Crippen molar-refractivity contribution in [1.82, 2.24) is 10.3 Å². The topological polar surface area (TPSA) is 34.1 Å². The van der Waals surface area contributed by atoms with Gasteiger partial charge in [0.15, 0.2) is 0 Å². The first-order valence-electron chi connectivity index (χ1n) is 5.64. The zero-order valence-electron chi connectivity index (χ0n) is 9.02. The van der Waals surface area contributed by atoms with Gasteiger partial charge in [-0.25, -0.2) is 0 Å². The summed E-state index contributed by atoms with van der Waals surface area (Å²) in [6, 6.07) is 10.1. The molecule has 1 aromatic carbocycles. The molecule has 1 saturated heterocycles. The second-order valence-electron chi connectivity index (χ2n) is 4.06. The molecule has 1 N–H and O–H groups in total. The minimum absolute atomic E-state index is 0.285. The number of ether oxygens (including phenoxy) is 1. The number of nitrogens with zero attached hydrogens (tertiary/aromatic N) is 1. The van der Waals surface area contributed by atoms with Crippen molar-refractivity contribution in [2.75, 3.05) is 13.1 Å². The summed E-state index contributed by atoms with van der Waals surface area (Å²) in [5, 5.41) is 4.43. The summed E-state index contributed by atoms with van der Waals surface area (Å²) >= 11 is 0. The van der Waals surface area contributed by atoms with E-state index in [1.54, 1.807) is 0 Å². The Balaban J connectivity index is 1.96. The van der Waals surface area contributed by atoms with E-state index >= 15 is 0 Å². The normalized spacial score (nSPS) is 20.1. The van der Waals surface area contributed by atoms with Crippen LogP contribution in [0.4, 0.5) is 0 Å². The lowest BCUT2D eigenvalue weighted by atomic mass is 10.2. The number of nitrogens with one attached hydrogen (secondary N) is 1. The maximum absolute atomic E-state index is 5.96. The lowest BCUT2D eigenvalue weighted by Crippen LogP contribution is -2.19. The molecule has 0 unspecified atom stereocenters. The van der Waals surface area contributed by atoms with Crippen molar-refractivity contribution >= 4 is 10.9 Å². The summed E-state index contributed by atoms with van der Waals surface area (Å²) in [6.07, 6.45) is 3.17. The molecule has 1 aromatic heterocycles. The molecule has 3 nitrogen and oxygen atoms in total. The Labute approximate surface area is 94.5 Å². The van der Waals surface area contributed by atoms with Crippen molar-refractivity contribution in [1.29, 1.82) is 0 Å². The second kappa shape index (κ2) is 4.10. The number of fused-ring (bicyclic) bond motifs is 1. The van der Waals surface area contributed by atoms with E-state index < -0.39 is 0 Å². The lowest BCUT2D eigenvalue weighted by molar-refractivity contribution is 0.225. The number of aromatic nitrogens is 1. The van der Waals surface area contributed by atoms with Gasteiger partial charge in [0, 0.05) is 18.1 Å². The summed E-state index contributed by atoms with van der Waals surface area (Å²) in [5.74, 6) is 0.895. The van der Waals surface area contributed by atoms with E-state index in [0.717, 1.165) is 36.2 Å². The SMILES string of the molecule is c1cnc2c(O[C@H]3CCNC3)cccc2c1. The van der Waals surface area contributed by atoms with Crippen molar-refractivity contribution in [3.63, 3.8) is 0 Å². The maximum Gasteiger partial charge on any atom is 0.146 e. The predicted molar refractivity (Wildman–Crippen MR) is 63.6 cm³/mol. The van der Waals surface area contributed by atoms with Gasteiger partial charge in [0.05, 0.1) is 0 Å². The van der Waals surface area contributed by atoms with Crippen LogP contribution in [0.1, 0.15) is 6.42 Å².